The fourth-order valence-corrected chi connectivity index (χ4v) is 3.10. The molecular weight excluding hydrogens is 304 g/mol. The Labute approximate surface area is 132 Å². The molecule has 124 valence electrons. The maximum atomic E-state index is 12.1. The number of carbonyl (C=O) groups excluding carboxylic acids is 1. The molecule has 0 fully saturated rings. The van der Waals surface area contributed by atoms with Gasteiger partial charge in [-0.15, -0.1) is 0 Å². The second-order valence-electron chi connectivity index (χ2n) is 5.07. The highest BCUT2D eigenvalue weighted by molar-refractivity contribution is 7.88. The Morgan fingerprint density at radius 2 is 1.86 bits per heavy atom. The zero-order valence-electron chi connectivity index (χ0n) is 13.5. The average Bonchev–Trinajstić information content (AvgIpc) is 2.45. The molecule has 22 heavy (non-hydrogen) atoms. The van der Waals surface area contributed by atoms with Crippen molar-refractivity contribution in [3.05, 3.63) is 24.3 Å². The first-order valence-corrected chi connectivity index (χ1v) is 9.12. The van der Waals surface area contributed by atoms with Crippen molar-refractivity contribution < 1.29 is 17.9 Å². The number of benzene rings is 1. The Balaban J connectivity index is 2.71. The SMILES string of the molecule is CCOc1ccc(NC(=O)CN(C(C)CC)S(C)(=O)=O)cc1. The number of hydrogen-bond acceptors (Lipinski definition) is 4. The summed E-state index contributed by atoms with van der Waals surface area (Å²) in [7, 11) is -3.43. The summed E-state index contributed by atoms with van der Waals surface area (Å²) >= 11 is 0. The quantitative estimate of drug-likeness (QED) is 0.793. The number of hydrogen-bond donors (Lipinski definition) is 1. The van der Waals surface area contributed by atoms with E-state index in [1.54, 1.807) is 31.2 Å². The molecule has 0 aromatic heterocycles. The van der Waals surface area contributed by atoms with Crippen molar-refractivity contribution in [2.45, 2.75) is 33.2 Å². The highest BCUT2D eigenvalue weighted by Gasteiger charge is 2.24. The van der Waals surface area contributed by atoms with Crippen LogP contribution in [0.3, 0.4) is 0 Å². The minimum atomic E-state index is -3.43. The summed E-state index contributed by atoms with van der Waals surface area (Å²) in [6.45, 7) is 5.94. The van der Waals surface area contributed by atoms with Gasteiger partial charge in [0.25, 0.3) is 0 Å². The van der Waals surface area contributed by atoms with E-state index in [1.165, 1.54) is 4.31 Å². The van der Waals surface area contributed by atoms with Gasteiger partial charge >= 0.3 is 0 Å². The lowest BCUT2D eigenvalue weighted by Crippen LogP contribution is -2.42. The molecule has 0 aliphatic rings. The molecule has 7 heteroatoms. The minimum Gasteiger partial charge on any atom is -0.494 e. The number of ether oxygens (including phenoxy) is 1. The van der Waals surface area contributed by atoms with Crippen molar-refractivity contribution in [1.82, 2.24) is 4.31 Å². The van der Waals surface area contributed by atoms with E-state index < -0.39 is 10.0 Å². The third-order valence-corrected chi connectivity index (χ3v) is 4.60. The third-order valence-electron chi connectivity index (χ3n) is 3.26. The normalized spacial score (nSPS) is 13.0. The molecule has 1 amide bonds. The van der Waals surface area contributed by atoms with Crippen LogP contribution >= 0.6 is 0 Å². The Bertz CT molecular complexity index is 584. The zero-order chi connectivity index (χ0) is 16.8. The van der Waals surface area contributed by atoms with Gasteiger partial charge in [-0.25, -0.2) is 8.42 Å². The number of amides is 1. The van der Waals surface area contributed by atoms with Gasteiger partial charge < -0.3 is 10.1 Å². The van der Waals surface area contributed by atoms with Crippen LogP contribution in [0.5, 0.6) is 5.75 Å². The van der Waals surface area contributed by atoms with Gasteiger partial charge in [0, 0.05) is 11.7 Å². The highest BCUT2D eigenvalue weighted by Crippen LogP contribution is 2.16. The molecular formula is C15H24N2O4S. The predicted octanol–water partition coefficient (Wildman–Crippen LogP) is 2.08. The Hall–Kier alpha value is -1.60. The molecule has 0 bridgehead atoms. The van der Waals surface area contributed by atoms with Gasteiger partial charge in [0.1, 0.15) is 5.75 Å². The minimum absolute atomic E-state index is 0.193. The Morgan fingerprint density at radius 1 is 1.27 bits per heavy atom. The van der Waals surface area contributed by atoms with Crippen molar-refractivity contribution in [2.24, 2.45) is 0 Å². The molecule has 0 saturated carbocycles. The molecule has 1 aromatic carbocycles. The van der Waals surface area contributed by atoms with Crippen LogP contribution in [0.25, 0.3) is 0 Å². The van der Waals surface area contributed by atoms with Crippen LogP contribution in [0.15, 0.2) is 24.3 Å². The van der Waals surface area contributed by atoms with E-state index in [-0.39, 0.29) is 18.5 Å². The lowest BCUT2D eigenvalue weighted by Gasteiger charge is -2.25. The summed E-state index contributed by atoms with van der Waals surface area (Å²) in [5.41, 5.74) is 0.603. The van der Waals surface area contributed by atoms with Crippen LogP contribution < -0.4 is 10.1 Å². The van der Waals surface area contributed by atoms with Gasteiger partial charge in [0.05, 0.1) is 19.4 Å². The standard InChI is InChI=1S/C15H24N2O4S/c1-5-12(3)17(22(4,19)20)11-15(18)16-13-7-9-14(10-8-13)21-6-2/h7-10,12H,5-6,11H2,1-4H3,(H,16,18). The van der Waals surface area contributed by atoms with E-state index in [2.05, 4.69) is 5.32 Å². The lowest BCUT2D eigenvalue weighted by molar-refractivity contribution is -0.116. The first-order valence-electron chi connectivity index (χ1n) is 7.27. The maximum absolute atomic E-state index is 12.1. The molecule has 0 aliphatic carbocycles. The summed E-state index contributed by atoms with van der Waals surface area (Å²) in [6.07, 6.45) is 1.76. The Kier molecular flexibility index (Phi) is 6.83. The van der Waals surface area contributed by atoms with Crippen LogP contribution in [0.4, 0.5) is 5.69 Å². The van der Waals surface area contributed by atoms with Crippen LogP contribution in [0, 0.1) is 0 Å². The van der Waals surface area contributed by atoms with Gasteiger partial charge in [-0.1, -0.05) is 6.92 Å². The van der Waals surface area contributed by atoms with Crippen molar-refractivity contribution in [2.75, 3.05) is 24.7 Å². The second kappa shape index (κ2) is 8.14. The van der Waals surface area contributed by atoms with E-state index in [4.69, 9.17) is 4.74 Å². The van der Waals surface area contributed by atoms with Crippen LogP contribution in [0.1, 0.15) is 27.2 Å². The van der Waals surface area contributed by atoms with E-state index >= 15 is 0 Å². The zero-order valence-corrected chi connectivity index (χ0v) is 14.3. The first kappa shape index (κ1) is 18.4. The van der Waals surface area contributed by atoms with Crippen molar-refractivity contribution >= 4 is 21.6 Å². The van der Waals surface area contributed by atoms with E-state index in [1.807, 2.05) is 13.8 Å². The first-order chi connectivity index (χ1) is 10.3. The van der Waals surface area contributed by atoms with Crippen molar-refractivity contribution in [1.29, 1.82) is 0 Å². The summed E-state index contributed by atoms with van der Waals surface area (Å²) < 4.78 is 30.1. The van der Waals surface area contributed by atoms with Gasteiger partial charge in [0.2, 0.25) is 15.9 Å². The number of carbonyl (C=O) groups is 1. The molecule has 1 rings (SSSR count). The van der Waals surface area contributed by atoms with E-state index in [0.29, 0.717) is 18.7 Å². The van der Waals surface area contributed by atoms with Gasteiger partial charge in [0.15, 0.2) is 0 Å². The highest BCUT2D eigenvalue weighted by atomic mass is 32.2. The monoisotopic (exact) mass is 328 g/mol. The number of rotatable bonds is 8. The largest absolute Gasteiger partial charge is 0.494 e. The molecule has 0 aliphatic heterocycles. The fraction of sp³-hybridized carbons (Fsp3) is 0.533. The van der Waals surface area contributed by atoms with Gasteiger partial charge in [-0.3, -0.25) is 4.79 Å². The molecule has 6 nitrogen and oxygen atoms in total. The number of anilines is 1. The number of sulfonamides is 1. The van der Waals surface area contributed by atoms with E-state index in [9.17, 15) is 13.2 Å². The summed E-state index contributed by atoms with van der Waals surface area (Å²) in [5.74, 6) is 0.354. The van der Waals surface area contributed by atoms with Crippen molar-refractivity contribution in [3.8, 4) is 5.75 Å². The molecule has 1 atom stereocenters. The lowest BCUT2D eigenvalue weighted by atomic mass is 10.2. The Morgan fingerprint density at radius 3 is 2.32 bits per heavy atom. The average molecular weight is 328 g/mol. The van der Waals surface area contributed by atoms with Crippen molar-refractivity contribution in [3.63, 3.8) is 0 Å². The van der Waals surface area contributed by atoms with Gasteiger partial charge in [-0.05, 0) is 44.5 Å². The predicted molar refractivity (Wildman–Crippen MR) is 87.5 cm³/mol. The smallest absolute Gasteiger partial charge is 0.239 e. The number of nitrogens with one attached hydrogen (secondary N) is 1. The molecule has 0 radical (unpaired) electrons. The van der Waals surface area contributed by atoms with Crippen LogP contribution in [0.2, 0.25) is 0 Å². The fourth-order valence-electron chi connectivity index (χ4n) is 1.95. The van der Waals surface area contributed by atoms with Gasteiger partial charge in [-0.2, -0.15) is 4.31 Å². The molecule has 0 spiro atoms. The van der Waals surface area contributed by atoms with Crippen LogP contribution in [-0.2, 0) is 14.8 Å². The summed E-state index contributed by atoms with van der Waals surface area (Å²) in [5, 5.41) is 2.69. The second-order valence-corrected chi connectivity index (χ2v) is 7.01. The van der Waals surface area contributed by atoms with Crippen LogP contribution in [-0.4, -0.2) is 44.1 Å². The molecule has 1 unspecified atom stereocenters. The molecule has 0 heterocycles. The summed E-state index contributed by atoms with van der Waals surface area (Å²) in [6, 6.07) is 6.72. The summed E-state index contributed by atoms with van der Waals surface area (Å²) in [4.78, 5) is 12.1. The number of nitrogens with zero attached hydrogens (tertiary/aromatic N) is 1. The topological polar surface area (TPSA) is 75.7 Å². The van der Waals surface area contributed by atoms with E-state index in [0.717, 1.165) is 12.0 Å². The molecule has 1 aromatic rings. The maximum Gasteiger partial charge on any atom is 0.239 e. The molecule has 0 saturated heterocycles. The third kappa shape index (κ3) is 5.65. The molecule has 1 N–H and O–H groups in total.